The quantitative estimate of drug-likeness (QED) is 0.753. The number of ether oxygens (including phenoxy) is 1. The van der Waals surface area contributed by atoms with Crippen LogP contribution in [0.5, 0.6) is 5.75 Å². The summed E-state index contributed by atoms with van der Waals surface area (Å²) in [6.07, 6.45) is 2.05. The van der Waals surface area contributed by atoms with E-state index >= 15 is 0 Å². The molecule has 1 saturated heterocycles. The van der Waals surface area contributed by atoms with Crippen molar-refractivity contribution in [3.05, 3.63) is 64.7 Å². The predicted molar refractivity (Wildman–Crippen MR) is 105 cm³/mol. The van der Waals surface area contributed by atoms with E-state index in [1.807, 2.05) is 0 Å². The summed E-state index contributed by atoms with van der Waals surface area (Å²) < 4.78 is 5.55. The Morgan fingerprint density at radius 3 is 2.93 bits per heavy atom. The fourth-order valence-corrected chi connectivity index (χ4v) is 4.17. The average molecular weight is 363 g/mol. The fourth-order valence-electron chi connectivity index (χ4n) is 4.17. The molecule has 2 aliphatic heterocycles. The number of rotatable bonds is 5. The van der Waals surface area contributed by atoms with Crippen molar-refractivity contribution in [1.29, 1.82) is 0 Å². The van der Waals surface area contributed by atoms with Crippen molar-refractivity contribution in [2.24, 2.45) is 0 Å². The summed E-state index contributed by atoms with van der Waals surface area (Å²) in [6, 6.07) is 13.8. The minimum Gasteiger partial charge on any atom is -0.492 e. The molecule has 0 bridgehead atoms. The summed E-state index contributed by atoms with van der Waals surface area (Å²) in [7, 11) is 0. The molecule has 2 aromatic carbocycles. The first-order chi connectivity index (χ1) is 13.1. The van der Waals surface area contributed by atoms with Gasteiger partial charge >= 0.3 is 0 Å². The first kappa shape index (κ1) is 17.9. The topological polar surface area (TPSA) is 46.6 Å². The van der Waals surface area contributed by atoms with Crippen molar-refractivity contribution in [3.63, 3.8) is 0 Å². The standard InChI is InChI=1S/C23H25NO3/c1-16-4-2-3-5-19(16)18-8-11-24(15-18)12-9-21(25)17-6-7-20-22(26)10-13-27-23(20)14-17/h2-7,14,18H,8-13,15H2,1H3. The van der Waals surface area contributed by atoms with E-state index in [9.17, 15) is 9.59 Å². The van der Waals surface area contributed by atoms with E-state index in [-0.39, 0.29) is 11.6 Å². The zero-order valence-corrected chi connectivity index (χ0v) is 15.7. The lowest BCUT2D eigenvalue weighted by molar-refractivity contribution is 0.0927. The molecule has 140 valence electrons. The van der Waals surface area contributed by atoms with Crippen molar-refractivity contribution in [3.8, 4) is 5.75 Å². The number of ketones is 2. The summed E-state index contributed by atoms with van der Waals surface area (Å²) in [6.45, 7) is 5.40. The SMILES string of the molecule is Cc1ccccc1C1CCN(CCC(=O)c2ccc3c(c2)OCCC3=O)C1. The summed E-state index contributed by atoms with van der Waals surface area (Å²) in [4.78, 5) is 26.9. The summed E-state index contributed by atoms with van der Waals surface area (Å²) in [5.74, 6) is 1.32. The van der Waals surface area contributed by atoms with Crippen LogP contribution in [0.4, 0.5) is 0 Å². The lowest BCUT2D eigenvalue weighted by Crippen LogP contribution is -2.24. The normalized spacial score (nSPS) is 19.6. The fraction of sp³-hybridized carbons (Fsp3) is 0.391. The molecule has 4 nitrogen and oxygen atoms in total. The average Bonchev–Trinajstić information content (AvgIpc) is 3.15. The molecule has 27 heavy (non-hydrogen) atoms. The van der Waals surface area contributed by atoms with Crippen LogP contribution in [0, 0.1) is 6.92 Å². The van der Waals surface area contributed by atoms with Gasteiger partial charge in [0.25, 0.3) is 0 Å². The molecule has 0 aliphatic carbocycles. The van der Waals surface area contributed by atoms with Crippen LogP contribution in [0.2, 0.25) is 0 Å². The highest BCUT2D eigenvalue weighted by atomic mass is 16.5. The van der Waals surface area contributed by atoms with E-state index in [0.717, 1.165) is 26.1 Å². The van der Waals surface area contributed by atoms with Crippen molar-refractivity contribution in [2.45, 2.75) is 32.1 Å². The first-order valence-electron chi connectivity index (χ1n) is 9.73. The maximum Gasteiger partial charge on any atom is 0.169 e. The summed E-state index contributed by atoms with van der Waals surface area (Å²) in [5, 5.41) is 0. The van der Waals surface area contributed by atoms with Gasteiger partial charge in [-0.1, -0.05) is 30.3 Å². The Morgan fingerprint density at radius 1 is 1.22 bits per heavy atom. The molecule has 0 aromatic heterocycles. The van der Waals surface area contributed by atoms with Crippen LogP contribution in [0.25, 0.3) is 0 Å². The van der Waals surface area contributed by atoms with E-state index < -0.39 is 0 Å². The van der Waals surface area contributed by atoms with Crippen molar-refractivity contribution < 1.29 is 14.3 Å². The molecule has 0 amide bonds. The smallest absolute Gasteiger partial charge is 0.169 e. The van der Waals surface area contributed by atoms with Crippen LogP contribution in [0.3, 0.4) is 0 Å². The Balaban J connectivity index is 1.35. The van der Waals surface area contributed by atoms with Gasteiger partial charge in [-0.25, -0.2) is 0 Å². The van der Waals surface area contributed by atoms with Crippen molar-refractivity contribution in [2.75, 3.05) is 26.2 Å². The van der Waals surface area contributed by atoms with Gasteiger partial charge in [0, 0.05) is 31.5 Å². The molecular formula is C23H25NO3. The number of hydrogen-bond donors (Lipinski definition) is 0. The van der Waals surface area contributed by atoms with Gasteiger partial charge in [0.1, 0.15) is 5.75 Å². The second kappa shape index (κ2) is 7.65. The van der Waals surface area contributed by atoms with Gasteiger partial charge in [-0.15, -0.1) is 0 Å². The predicted octanol–water partition coefficient (Wildman–Crippen LogP) is 4.02. The van der Waals surface area contributed by atoms with E-state index in [4.69, 9.17) is 4.74 Å². The Kier molecular flexibility index (Phi) is 5.08. The maximum atomic E-state index is 12.6. The molecule has 4 heteroatoms. The molecule has 2 aliphatic rings. The van der Waals surface area contributed by atoms with Crippen LogP contribution >= 0.6 is 0 Å². The molecule has 2 heterocycles. The monoisotopic (exact) mass is 363 g/mol. The molecule has 4 rings (SSSR count). The van der Waals surface area contributed by atoms with Gasteiger partial charge in [0.2, 0.25) is 0 Å². The Labute approximate surface area is 160 Å². The van der Waals surface area contributed by atoms with E-state index in [1.165, 1.54) is 11.1 Å². The number of fused-ring (bicyclic) bond motifs is 1. The lowest BCUT2D eigenvalue weighted by atomic mass is 9.94. The number of hydrogen-bond acceptors (Lipinski definition) is 4. The van der Waals surface area contributed by atoms with Crippen LogP contribution in [-0.2, 0) is 0 Å². The van der Waals surface area contributed by atoms with Crippen molar-refractivity contribution >= 4 is 11.6 Å². The molecule has 1 atom stereocenters. The Hall–Kier alpha value is -2.46. The number of carbonyl (C=O) groups excluding carboxylic acids is 2. The van der Waals surface area contributed by atoms with E-state index in [2.05, 4.69) is 36.1 Å². The second-order valence-electron chi connectivity index (χ2n) is 7.55. The minimum absolute atomic E-state index is 0.0922. The summed E-state index contributed by atoms with van der Waals surface area (Å²) in [5.41, 5.74) is 4.02. The maximum absolute atomic E-state index is 12.6. The van der Waals surface area contributed by atoms with E-state index in [0.29, 0.717) is 42.2 Å². The highest BCUT2D eigenvalue weighted by Gasteiger charge is 2.25. The number of carbonyl (C=O) groups is 2. The zero-order chi connectivity index (χ0) is 18.8. The highest BCUT2D eigenvalue weighted by Crippen LogP contribution is 2.30. The highest BCUT2D eigenvalue weighted by molar-refractivity contribution is 6.02. The van der Waals surface area contributed by atoms with Crippen LogP contribution in [0.1, 0.15) is 57.0 Å². The van der Waals surface area contributed by atoms with Gasteiger partial charge in [0.05, 0.1) is 12.2 Å². The molecule has 0 N–H and O–H groups in total. The first-order valence-corrected chi connectivity index (χ1v) is 9.73. The minimum atomic E-state index is 0.0922. The Bertz CT molecular complexity index is 874. The molecule has 0 radical (unpaired) electrons. The molecular weight excluding hydrogens is 338 g/mol. The third kappa shape index (κ3) is 3.81. The zero-order valence-electron chi connectivity index (χ0n) is 15.7. The third-order valence-corrected chi connectivity index (χ3v) is 5.75. The van der Waals surface area contributed by atoms with Gasteiger partial charge in [-0.05, 0) is 49.1 Å². The number of aryl methyl sites for hydroxylation is 1. The molecule has 0 saturated carbocycles. The third-order valence-electron chi connectivity index (χ3n) is 5.75. The van der Waals surface area contributed by atoms with Gasteiger partial charge < -0.3 is 9.64 Å². The van der Waals surface area contributed by atoms with Gasteiger partial charge in [0.15, 0.2) is 11.6 Å². The van der Waals surface area contributed by atoms with Crippen LogP contribution < -0.4 is 4.74 Å². The molecule has 0 spiro atoms. The second-order valence-corrected chi connectivity index (χ2v) is 7.55. The van der Waals surface area contributed by atoms with Crippen molar-refractivity contribution in [1.82, 2.24) is 4.90 Å². The number of Topliss-reactive ketones (excluding diaryl/α,β-unsaturated/α-hetero) is 2. The largest absolute Gasteiger partial charge is 0.492 e. The molecule has 1 unspecified atom stereocenters. The Morgan fingerprint density at radius 2 is 2.07 bits per heavy atom. The molecule has 2 aromatic rings. The molecule has 1 fully saturated rings. The summed E-state index contributed by atoms with van der Waals surface area (Å²) >= 11 is 0. The van der Waals surface area contributed by atoms with Gasteiger partial charge in [-0.2, -0.15) is 0 Å². The van der Waals surface area contributed by atoms with Crippen LogP contribution in [-0.4, -0.2) is 42.7 Å². The number of likely N-dealkylation sites (tertiary alicyclic amines) is 1. The lowest BCUT2D eigenvalue weighted by Gasteiger charge is -2.18. The number of nitrogens with zero attached hydrogens (tertiary/aromatic N) is 1. The van der Waals surface area contributed by atoms with Gasteiger partial charge in [-0.3, -0.25) is 9.59 Å². The number of benzene rings is 2. The van der Waals surface area contributed by atoms with Crippen LogP contribution in [0.15, 0.2) is 42.5 Å². The van der Waals surface area contributed by atoms with E-state index in [1.54, 1.807) is 18.2 Å².